The Bertz CT molecular complexity index is 321. The van der Waals surface area contributed by atoms with Crippen LogP contribution in [0.5, 0.6) is 0 Å². The van der Waals surface area contributed by atoms with Gasteiger partial charge in [0.25, 0.3) is 0 Å². The lowest BCUT2D eigenvalue weighted by Gasteiger charge is -2.29. The Morgan fingerprint density at radius 2 is 2.00 bits per heavy atom. The number of hydrogen-bond acceptors (Lipinski definition) is 5. The topological polar surface area (TPSA) is 71.1 Å². The molecule has 0 aromatic carbocycles. The summed E-state index contributed by atoms with van der Waals surface area (Å²) in [6, 6.07) is 0. The zero-order chi connectivity index (χ0) is 11.9. The Morgan fingerprint density at radius 3 is 2.33 bits per heavy atom. The second kappa shape index (κ2) is 3.46. The maximum Gasteiger partial charge on any atom is 0.245 e. The molecular weight excluding hydrogens is 198 g/mol. The Balaban J connectivity index is 3.21. The Morgan fingerprint density at radius 1 is 1.47 bits per heavy atom. The summed E-state index contributed by atoms with van der Waals surface area (Å²) in [6.45, 7) is 6.75. The first-order chi connectivity index (χ1) is 6.76. The summed E-state index contributed by atoms with van der Waals surface area (Å²) in [5.74, 6) is 0. The molecule has 0 saturated carbocycles. The van der Waals surface area contributed by atoms with Crippen LogP contribution in [-0.4, -0.2) is 45.2 Å². The highest BCUT2D eigenvalue weighted by molar-refractivity contribution is 6.32. The quantitative estimate of drug-likeness (QED) is 0.320. The molecule has 0 unspecified atom stereocenters. The molecule has 0 aromatic heterocycles. The van der Waals surface area contributed by atoms with E-state index in [0.29, 0.717) is 5.71 Å². The van der Waals surface area contributed by atoms with Gasteiger partial charge in [-0.05, 0) is 13.8 Å². The van der Waals surface area contributed by atoms with E-state index in [-0.39, 0.29) is 0 Å². The van der Waals surface area contributed by atoms with Crippen LogP contribution < -0.4 is 0 Å². The van der Waals surface area contributed by atoms with Gasteiger partial charge in [0.1, 0.15) is 18.9 Å². The lowest BCUT2D eigenvalue weighted by atomic mass is 9.99. The van der Waals surface area contributed by atoms with Crippen molar-refractivity contribution >= 4 is 11.9 Å². The molecule has 0 aliphatic carbocycles. The third-order valence-electron chi connectivity index (χ3n) is 2.67. The Kier molecular flexibility index (Phi) is 2.75. The molecule has 15 heavy (non-hydrogen) atoms. The van der Waals surface area contributed by atoms with E-state index in [1.165, 1.54) is 13.3 Å². The normalized spacial score (nSPS) is 25.2. The third-order valence-corrected chi connectivity index (χ3v) is 2.67. The van der Waals surface area contributed by atoms with Crippen molar-refractivity contribution < 1.29 is 14.8 Å². The monoisotopic (exact) mass is 215 g/mol. The summed E-state index contributed by atoms with van der Waals surface area (Å²) >= 11 is 0. The van der Waals surface area contributed by atoms with Crippen LogP contribution in [0.1, 0.15) is 27.7 Å². The highest BCUT2D eigenvalue weighted by Crippen LogP contribution is 2.31. The van der Waals surface area contributed by atoms with Gasteiger partial charge in [0.05, 0.1) is 0 Å². The fraction of sp³-hybridized carbons (Fsp3) is 0.778. The van der Waals surface area contributed by atoms with Crippen LogP contribution in [0.4, 0.5) is 0 Å². The highest BCUT2D eigenvalue weighted by atomic mass is 16.6. The zero-order valence-electron chi connectivity index (χ0n) is 9.68. The van der Waals surface area contributed by atoms with Gasteiger partial charge in [0.15, 0.2) is 0 Å². The molecule has 86 valence electrons. The lowest BCUT2D eigenvalue weighted by Crippen LogP contribution is -2.51. The van der Waals surface area contributed by atoms with Crippen molar-refractivity contribution in [2.24, 2.45) is 5.16 Å². The van der Waals surface area contributed by atoms with Crippen molar-refractivity contribution in [3.05, 3.63) is 5.21 Å². The first-order valence-corrected chi connectivity index (χ1v) is 4.66. The van der Waals surface area contributed by atoms with Crippen LogP contribution in [0.15, 0.2) is 5.16 Å². The standard InChI is InChI=1S/C9H17N3O3/c1-8(2)7(6-10-15-5)11(13)9(3,4)12(8)14/h6,14H,1-5H3. The van der Waals surface area contributed by atoms with Gasteiger partial charge < -0.3 is 15.3 Å². The molecule has 0 bridgehead atoms. The average molecular weight is 215 g/mol. The predicted octanol–water partition coefficient (Wildman–Crippen LogP) is 0.789. The van der Waals surface area contributed by atoms with Crippen molar-refractivity contribution in [2.75, 3.05) is 7.11 Å². The summed E-state index contributed by atoms with van der Waals surface area (Å²) in [5.41, 5.74) is -1.43. The Hall–Kier alpha value is -1.14. The Labute approximate surface area is 89.0 Å². The van der Waals surface area contributed by atoms with Gasteiger partial charge in [-0.1, -0.05) is 5.16 Å². The van der Waals surface area contributed by atoms with Crippen LogP contribution >= 0.6 is 0 Å². The SMILES string of the molecule is CON=CC1=[N+]([O-])C(C)(C)N(O)C1(C)C. The molecule has 1 rings (SSSR count). The van der Waals surface area contributed by atoms with E-state index < -0.39 is 11.2 Å². The summed E-state index contributed by atoms with van der Waals surface area (Å²) in [5, 5.41) is 26.4. The number of oxime groups is 1. The molecule has 0 saturated heterocycles. The molecule has 0 aromatic rings. The fourth-order valence-corrected chi connectivity index (χ4v) is 1.73. The molecule has 0 spiro atoms. The third kappa shape index (κ3) is 1.59. The van der Waals surface area contributed by atoms with Gasteiger partial charge in [-0.25, -0.2) is 0 Å². The lowest BCUT2D eigenvalue weighted by molar-refractivity contribution is -0.579. The second-order valence-corrected chi connectivity index (χ2v) is 4.46. The van der Waals surface area contributed by atoms with Crippen molar-refractivity contribution in [2.45, 2.75) is 38.9 Å². The zero-order valence-corrected chi connectivity index (χ0v) is 9.68. The number of hydroxylamine groups is 3. The number of nitrogens with zero attached hydrogens (tertiary/aromatic N) is 3. The minimum Gasteiger partial charge on any atom is -0.622 e. The van der Waals surface area contributed by atoms with E-state index in [0.717, 1.165) is 9.80 Å². The van der Waals surface area contributed by atoms with Gasteiger partial charge in [0.2, 0.25) is 11.4 Å². The summed E-state index contributed by atoms with van der Waals surface area (Å²) in [6.07, 6.45) is 1.32. The molecule has 0 radical (unpaired) electrons. The summed E-state index contributed by atoms with van der Waals surface area (Å²) < 4.78 is 0.732. The molecule has 6 heteroatoms. The molecule has 1 aliphatic rings. The van der Waals surface area contributed by atoms with E-state index in [1.807, 2.05) is 0 Å². The van der Waals surface area contributed by atoms with Crippen LogP contribution in [0, 0.1) is 5.21 Å². The molecular formula is C9H17N3O3. The molecule has 6 nitrogen and oxygen atoms in total. The first kappa shape index (κ1) is 11.9. The average Bonchev–Trinajstić information content (AvgIpc) is 2.25. The van der Waals surface area contributed by atoms with Crippen LogP contribution in [0.3, 0.4) is 0 Å². The summed E-state index contributed by atoms with van der Waals surface area (Å²) in [7, 11) is 1.40. The van der Waals surface area contributed by atoms with E-state index in [2.05, 4.69) is 9.99 Å². The highest BCUT2D eigenvalue weighted by Gasteiger charge is 2.56. The minimum atomic E-state index is -1.00. The van der Waals surface area contributed by atoms with Gasteiger partial charge in [0, 0.05) is 13.8 Å². The molecule has 1 heterocycles. The second-order valence-electron chi connectivity index (χ2n) is 4.46. The van der Waals surface area contributed by atoms with Crippen LogP contribution in [-0.2, 0) is 4.84 Å². The summed E-state index contributed by atoms with van der Waals surface area (Å²) in [4.78, 5) is 4.53. The van der Waals surface area contributed by atoms with Gasteiger partial charge in [-0.15, -0.1) is 5.06 Å². The van der Waals surface area contributed by atoms with Crippen molar-refractivity contribution in [1.82, 2.24) is 5.06 Å². The van der Waals surface area contributed by atoms with Crippen molar-refractivity contribution in [3.63, 3.8) is 0 Å². The maximum atomic E-state index is 11.9. The van der Waals surface area contributed by atoms with Crippen molar-refractivity contribution in [3.8, 4) is 0 Å². The minimum absolute atomic E-state index is 0.358. The van der Waals surface area contributed by atoms with Crippen molar-refractivity contribution in [1.29, 1.82) is 0 Å². The maximum absolute atomic E-state index is 11.9. The molecule has 0 fully saturated rings. The molecule has 1 aliphatic heterocycles. The predicted molar refractivity (Wildman–Crippen MR) is 55.9 cm³/mol. The van der Waals surface area contributed by atoms with E-state index in [1.54, 1.807) is 27.7 Å². The number of rotatable bonds is 2. The van der Waals surface area contributed by atoms with E-state index in [9.17, 15) is 10.4 Å². The molecule has 0 atom stereocenters. The smallest absolute Gasteiger partial charge is 0.245 e. The number of hydrogen-bond donors (Lipinski definition) is 1. The molecule has 1 N–H and O–H groups in total. The van der Waals surface area contributed by atoms with Gasteiger partial charge >= 0.3 is 0 Å². The van der Waals surface area contributed by atoms with Crippen LogP contribution in [0.2, 0.25) is 0 Å². The molecule has 0 amide bonds. The van der Waals surface area contributed by atoms with Gasteiger partial charge in [-0.2, -0.15) is 4.74 Å². The van der Waals surface area contributed by atoms with Gasteiger partial charge in [-0.3, -0.25) is 0 Å². The largest absolute Gasteiger partial charge is 0.622 e. The van der Waals surface area contributed by atoms with E-state index in [4.69, 9.17) is 0 Å². The fourth-order valence-electron chi connectivity index (χ4n) is 1.73. The van der Waals surface area contributed by atoms with Crippen LogP contribution in [0.25, 0.3) is 0 Å². The first-order valence-electron chi connectivity index (χ1n) is 4.66. The van der Waals surface area contributed by atoms with E-state index >= 15 is 0 Å².